The summed E-state index contributed by atoms with van der Waals surface area (Å²) in [6, 6.07) is 11.8. The number of benzene rings is 2. The first kappa shape index (κ1) is 19.1. The monoisotopic (exact) mass is 408 g/mol. The highest BCUT2D eigenvalue weighted by atomic mass is 16.6. The summed E-state index contributed by atoms with van der Waals surface area (Å²) < 4.78 is 6.50. The fraction of sp³-hybridized carbons (Fsp3) is 0.158. The van der Waals surface area contributed by atoms with Crippen molar-refractivity contribution >= 4 is 29.1 Å². The van der Waals surface area contributed by atoms with Crippen LogP contribution in [0.15, 0.2) is 48.5 Å². The highest BCUT2D eigenvalue weighted by Gasteiger charge is 2.35. The minimum Gasteiger partial charge on any atom is -0.497 e. The van der Waals surface area contributed by atoms with Gasteiger partial charge < -0.3 is 10.1 Å². The highest BCUT2D eigenvalue weighted by molar-refractivity contribution is 6.01. The number of methoxy groups -OCH3 is 1. The van der Waals surface area contributed by atoms with Crippen molar-refractivity contribution in [2.75, 3.05) is 17.7 Å². The largest absolute Gasteiger partial charge is 0.497 e. The fourth-order valence-corrected chi connectivity index (χ4v) is 3.06. The molecular weight excluding hydrogens is 392 g/mol. The predicted octanol–water partition coefficient (Wildman–Crippen LogP) is 2.38. The molecule has 2 amide bonds. The lowest BCUT2D eigenvalue weighted by Gasteiger charge is -2.10. The van der Waals surface area contributed by atoms with E-state index in [1.807, 2.05) is 0 Å². The van der Waals surface area contributed by atoms with Crippen molar-refractivity contribution in [3.63, 3.8) is 0 Å². The quantitative estimate of drug-likeness (QED) is 0.471. The predicted molar refractivity (Wildman–Crippen MR) is 106 cm³/mol. The molecule has 1 unspecified atom stereocenters. The number of rotatable bonds is 6. The van der Waals surface area contributed by atoms with Crippen LogP contribution in [0.5, 0.6) is 5.75 Å². The summed E-state index contributed by atoms with van der Waals surface area (Å²) in [5.74, 6) is 0.454. The van der Waals surface area contributed by atoms with Crippen LogP contribution in [0.1, 0.15) is 12.5 Å². The Morgan fingerprint density at radius 1 is 1.30 bits per heavy atom. The molecule has 0 saturated carbocycles. The molecule has 1 atom stereocenters. The fourth-order valence-electron chi connectivity index (χ4n) is 3.06. The van der Waals surface area contributed by atoms with Crippen LogP contribution >= 0.6 is 0 Å². The third-order valence-corrected chi connectivity index (χ3v) is 4.53. The van der Waals surface area contributed by atoms with E-state index in [-0.39, 0.29) is 23.7 Å². The van der Waals surface area contributed by atoms with E-state index in [1.165, 1.54) is 28.9 Å². The maximum absolute atomic E-state index is 12.4. The van der Waals surface area contributed by atoms with Gasteiger partial charge in [-0.05, 0) is 30.3 Å². The number of hydrogen-bond acceptors (Lipinski definition) is 7. The molecule has 30 heavy (non-hydrogen) atoms. The number of carbonyl (C=O) groups is 2. The maximum Gasteiger partial charge on any atom is 0.271 e. The molecule has 2 N–H and O–H groups in total. The second kappa shape index (κ2) is 7.62. The van der Waals surface area contributed by atoms with E-state index < -0.39 is 22.8 Å². The number of amides is 2. The zero-order valence-corrected chi connectivity index (χ0v) is 15.7. The molecule has 11 heteroatoms. The Morgan fingerprint density at radius 2 is 2.07 bits per heavy atom. The van der Waals surface area contributed by atoms with E-state index in [0.29, 0.717) is 11.6 Å². The number of nitrogens with one attached hydrogen (secondary N) is 2. The van der Waals surface area contributed by atoms with Crippen LogP contribution in [0.25, 0.3) is 11.4 Å². The average Bonchev–Trinajstić information content (AvgIpc) is 3.27. The minimum absolute atomic E-state index is 0.144. The van der Waals surface area contributed by atoms with Gasteiger partial charge in [-0.25, -0.2) is 4.68 Å². The van der Waals surface area contributed by atoms with Gasteiger partial charge in [0.15, 0.2) is 5.82 Å². The van der Waals surface area contributed by atoms with Crippen LogP contribution in [-0.2, 0) is 9.59 Å². The number of anilines is 2. The van der Waals surface area contributed by atoms with E-state index in [4.69, 9.17) is 4.74 Å². The van der Waals surface area contributed by atoms with Crippen LogP contribution < -0.4 is 15.4 Å². The van der Waals surface area contributed by atoms with Gasteiger partial charge in [0.1, 0.15) is 11.8 Å². The van der Waals surface area contributed by atoms with Gasteiger partial charge in [0.05, 0.1) is 18.5 Å². The van der Waals surface area contributed by atoms with Gasteiger partial charge in [0.2, 0.25) is 11.9 Å². The van der Waals surface area contributed by atoms with Gasteiger partial charge in [-0.3, -0.25) is 25.0 Å². The summed E-state index contributed by atoms with van der Waals surface area (Å²) >= 11 is 0. The number of aromatic nitrogens is 3. The highest BCUT2D eigenvalue weighted by Crippen LogP contribution is 2.29. The number of nitrogens with zero attached hydrogens (tertiary/aromatic N) is 4. The van der Waals surface area contributed by atoms with Gasteiger partial charge in [0, 0.05) is 23.4 Å². The first-order valence-electron chi connectivity index (χ1n) is 8.91. The van der Waals surface area contributed by atoms with Gasteiger partial charge in [0.25, 0.3) is 11.6 Å². The van der Waals surface area contributed by atoms with Crippen LogP contribution in [0.2, 0.25) is 0 Å². The number of nitro groups is 1. The lowest BCUT2D eigenvalue weighted by molar-refractivity contribution is -0.384. The van der Waals surface area contributed by atoms with Crippen molar-refractivity contribution in [1.29, 1.82) is 0 Å². The van der Waals surface area contributed by atoms with Crippen molar-refractivity contribution in [3.8, 4) is 17.1 Å². The topological polar surface area (TPSA) is 141 Å². The molecule has 11 nitrogen and oxygen atoms in total. The smallest absolute Gasteiger partial charge is 0.271 e. The van der Waals surface area contributed by atoms with E-state index in [0.717, 1.165) is 5.56 Å². The van der Waals surface area contributed by atoms with Crippen LogP contribution in [0, 0.1) is 10.1 Å². The van der Waals surface area contributed by atoms with Crippen molar-refractivity contribution in [1.82, 2.24) is 14.8 Å². The number of ether oxygens (including phenoxy) is 1. The second-order valence-corrected chi connectivity index (χ2v) is 6.50. The molecule has 0 radical (unpaired) electrons. The molecule has 0 fully saturated rings. The summed E-state index contributed by atoms with van der Waals surface area (Å²) in [5.41, 5.74) is 0.853. The molecule has 0 saturated heterocycles. The van der Waals surface area contributed by atoms with Crippen molar-refractivity contribution in [3.05, 3.63) is 58.6 Å². The number of hydrogen-bond donors (Lipinski definition) is 2. The minimum atomic E-state index is -0.877. The van der Waals surface area contributed by atoms with Crippen LogP contribution in [-0.4, -0.2) is 38.6 Å². The molecule has 2 heterocycles. The Morgan fingerprint density at radius 3 is 2.77 bits per heavy atom. The van der Waals surface area contributed by atoms with E-state index in [2.05, 4.69) is 20.7 Å². The number of fused-ring (bicyclic) bond motifs is 1. The van der Waals surface area contributed by atoms with Gasteiger partial charge >= 0.3 is 0 Å². The van der Waals surface area contributed by atoms with Crippen LogP contribution in [0.4, 0.5) is 17.3 Å². The molecule has 1 aliphatic rings. The molecule has 152 valence electrons. The summed E-state index contributed by atoms with van der Waals surface area (Å²) in [6.45, 7) is 0. The molecule has 4 rings (SSSR count). The zero-order valence-electron chi connectivity index (χ0n) is 15.7. The van der Waals surface area contributed by atoms with Gasteiger partial charge in [-0.2, -0.15) is 4.98 Å². The third-order valence-electron chi connectivity index (χ3n) is 4.53. The molecule has 1 aliphatic heterocycles. The second-order valence-electron chi connectivity index (χ2n) is 6.50. The van der Waals surface area contributed by atoms with E-state index in [1.54, 1.807) is 31.4 Å². The molecule has 0 bridgehead atoms. The number of carbonyl (C=O) groups excluding carboxylic acids is 2. The molecule has 0 spiro atoms. The Kier molecular flexibility index (Phi) is 4.84. The Balaban J connectivity index is 1.50. The van der Waals surface area contributed by atoms with Crippen molar-refractivity contribution < 1.29 is 19.2 Å². The number of nitro benzene ring substituents is 1. The van der Waals surface area contributed by atoms with E-state index >= 15 is 0 Å². The SMILES string of the molecule is COc1ccc(-c2nc3n(n2)C(CC(=O)Nc2cccc([N+](=O)[O-])c2)C(=O)N3)cc1. The van der Waals surface area contributed by atoms with Crippen molar-refractivity contribution in [2.45, 2.75) is 12.5 Å². The molecular formula is C19H16N6O5. The van der Waals surface area contributed by atoms with Crippen LogP contribution in [0.3, 0.4) is 0 Å². The summed E-state index contributed by atoms with van der Waals surface area (Å²) in [4.78, 5) is 39.3. The van der Waals surface area contributed by atoms with E-state index in [9.17, 15) is 19.7 Å². The Bertz CT molecular complexity index is 1140. The van der Waals surface area contributed by atoms with Crippen molar-refractivity contribution in [2.24, 2.45) is 0 Å². The first-order chi connectivity index (χ1) is 14.4. The summed E-state index contributed by atoms with van der Waals surface area (Å²) in [6.07, 6.45) is -0.201. The maximum atomic E-state index is 12.4. The lowest BCUT2D eigenvalue weighted by Crippen LogP contribution is -2.23. The lowest BCUT2D eigenvalue weighted by atomic mass is 10.2. The number of non-ortho nitro benzene ring substituents is 1. The Labute approximate surface area is 169 Å². The standard InChI is InChI=1S/C19H16N6O5/c1-30-14-7-5-11(6-8-14)17-21-19-22-18(27)15(24(19)23-17)10-16(26)20-12-3-2-4-13(9-12)25(28)29/h2-9,15H,10H2,1H3,(H,20,26)(H,21,22,23,27). The molecule has 2 aromatic carbocycles. The zero-order chi connectivity index (χ0) is 21.3. The molecule has 0 aliphatic carbocycles. The summed E-state index contributed by atoms with van der Waals surface area (Å²) in [5, 5.41) is 20.4. The Hall–Kier alpha value is -4.28. The third kappa shape index (κ3) is 3.68. The molecule has 3 aromatic rings. The van der Waals surface area contributed by atoms with Gasteiger partial charge in [-0.15, -0.1) is 5.10 Å². The molecule has 1 aromatic heterocycles. The average molecular weight is 408 g/mol. The van der Waals surface area contributed by atoms with Gasteiger partial charge in [-0.1, -0.05) is 6.07 Å². The summed E-state index contributed by atoms with van der Waals surface area (Å²) in [7, 11) is 1.57. The normalized spacial score (nSPS) is 14.7. The first-order valence-corrected chi connectivity index (χ1v) is 8.91.